The number of hydrogen-bond acceptors (Lipinski definition) is 3. The predicted molar refractivity (Wildman–Crippen MR) is 77.0 cm³/mol. The maximum absolute atomic E-state index is 11.3. The number of carboxylic acid groups (broad SMARTS) is 1. The van der Waals surface area contributed by atoms with Gasteiger partial charge in [0.2, 0.25) is 5.91 Å². The third-order valence-electron chi connectivity index (χ3n) is 3.86. The van der Waals surface area contributed by atoms with Gasteiger partial charge in [-0.1, -0.05) is 6.07 Å². The molecule has 1 aromatic carbocycles. The number of carboxylic acids is 1. The van der Waals surface area contributed by atoms with Crippen molar-refractivity contribution in [1.29, 1.82) is 0 Å². The first-order valence-corrected chi connectivity index (χ1v) is 6.84. The number of carbonyl (C=O) groups is 2. The molecule has 5 nitrogen and oxygen atoms in total. The first-order chi connectivity index (χ1) is 9.49. The van der Waals surface area contributed by atoms with E-state index in [-0.39, 0.29) is 11.9 Å². The number of amides is 1. The highest BCUT2D eigenvalue weighted by molar-refractivity contribution is 5.91. The van der Waals surface area contributed by atoms with E-state index < -0.39 is 5.97 Å². The summed E-state index contributed by atoms with van der Waals surface area (Å²) in [6, 6.07) is 5.55. The highest BCUT2D eigenvalue weighted by Crippen LogP contribution is 2.22. The van der Waals surface area contributed by atoms with Gasteiger partial charge in [-0.2, -0.15) is 0 Å². The van der Waals surface area contributed by atoms with Crippen LogP contribution in [0.1, 0.15) is 35.7 Å². The van der Waals surface area contributed by atoms with Gasteiger partial charge in [0.05, 0.1) is 5.56 Å². The molecule has 0 radical (unpaired) electrons. The van der Waals surface area contributed by atoms with Crippen LogP contribution in [-0.4, -0.2) is 41.0 Å². The lowest BCUT2D eigenvalue weighted by Crippen LogP contribution is -2.41. The third kappa shape index (κ3) is 3.10. The van der Waals surface area contributed by atoms with Crippen molar-refractivity contribution in [3.8, 4) is 0 Å². The first kappa shape index (κ1) is 14.4. The fraction of sp³-hybridized carbons (Fsp3) is 0.467. The molecule has 2 N–H and O–H groups in total. The number of carbonyl (C=O) groups excluding carboxylic acids is 1. The Morgan fingerprint density at radius 2 is 1.95 bits per heavy atom. The zero-order chi connectivity index (χ0) is 14.7. The number of benzene rings is 1. The van der Waals surface area contributed by atoms with Crippen LogP contribution in [0.2, 0.25) is 0 Å². The number of likely N-dealkylation sites (tertiary alicyclic amines) is 1. The Morgan fingerprint density at radius 3 is 2.50 bits per heavy atom. The summed E-state index contributed by atoms with van der Waals surface area (Å²) in [5, 5.41) is 12.5. The van der Waals surface area contributed by atoms with Crippen LogP contribution in [0.4, 0.5) is 5.69 Å². The molecule has 0 aromatic heterocycles. The predicted octanol–water partition coefficient (Wildman–Crippen LogP) is 2.12. The second kappa shape index (κ2) is 5.94. The van der Waals surface area contributed by atoms with Crippen LogP contribution in [0.3, 0.4) is 0 Å². The van der Waals surface area contributed by atoms with Gasteiger partial charge in [0.1, 0.15) is 0 Å². The van der Waals surface area contributed by atoms with Crippen LogP contribution in [0, 0.1) is 6.92 Å². The van der Waals surface area contributed by atoms with Gasteiger partial charge >= 0.3 is 5.97 Å². The molecule has 1 aromatic rings. The van der Waals surface area contributed by atoms with Crippen molar-refractivity contribution in [3.63, 3.8) is 0 Å². The van der Waals surface area contributed by atoms with E-state index >= 15 is 0 Å². The highest BCUT2D eigenvalue weighted by Gasteiger charge is 2.21. The van der Waals surface area contributed by atoms with E-state index in [9.17, 15) is 9.59 Å². The van der Waals surface area contributed by atoms with Gasteiger partial charge in [-0.05, 0) is 37.5 Å². The van der Waals surface area contributed by atoms with E-state index in [1.807, 2.05) is 17.9 Å². The lowest BCUT2D eigenvalue weighted by molar-refractivity contribution is -0.129. The summed E-state index contributed by atoms with van der Waals surface area (Å²) in [6.45, 7) is 4.92. The molecule has 0 unspecified atom stereocenters. The summed E-state index contributed by atoms with van der Waals surface area (Å²) in [4.78, 5) is 24.2. The van der Waals surface area contributed by atoms with Crippen LogP contribution in [0.5, 0.6) is 0 Å². The molecule has 5 heteroatoms. The van der Waals surface area contributed by atoms with Crippen molar-refractivity contribution in [3.05, 3.63) is 29.3 Å². The topological polar surface area (TPSA) is 69.6 Å². The fourth-order valence-corrected chi connectivity index (χ4v) is 2.58. The highest BCUT2D eigenvalue weighted by atomic mass is 16.4. The molecule has 1 fully saturated rings. The number of nitrogens with one attached hydrogen (secondary N) is 1. The average molecular weight is 276 g/mol. The summed E-state index contributed by atoms with van der Waals surface area (Å²) in [5.74, 6) is -0.787. The molecule has 0 aliphatic carbocycles. The lowest BCUT2D eigenvalue weighted by atomic mass is 10.0. The lowest BCUT2D eigenvalue weighted by Gasteiger charge is -2.32. The van der Waals surface area contributed by atoms with Gasteiger partial charge < -0.3 is 15.3 Å². The van der Waals surface area contributed by atoms with Crippen molar-refractivity contribution in [1.82, 2.24) is 4.90 Å². The largest absolute Gasteiger partial charge is 0.478 e. The Bertz CT molecular complexity index is 520. The normalized spacial score (nSPS) is 16.0. The van der Waals surface area contributed by atoms with Gasteiger partial charge in [-0.15, -0.1) is 0 Å². The molecule has 0 bridgehead atoms. The van der Waals surface area contributed by atoms with Gasteiger partial charge in [-0.3, -0.25) is 4.79 Å². The molecule has 0 atom stereocenters. The summed E-state index contributed by atoms with van der Waals surface area (Å²) in [6.07, 6.45) is 1.77. The van der Waals surface area contributed by atoms with Crippen molar-refractivity contribution in [2.24, 2.45) is 0 Å². The second-order valence-corrected chi connectivity index (χ2v) is 5.21. The number of nitrogens with zero attached hydrogens (tertiary/aromatic N) is 1. The Morgan fingerprint density at radius 1 is 1.30 bits per heavy atom. The van der Waals surface area contributed by atoms with Crippen molar-refractivity contribution in [2.75, 3.05) is 18.4 Å². The van der Waals surface area contributed by atoms with Crippen molar-refractivity contribution in [2.45, 2.75) is 32.7 Å². The van der Waals surface area contributed by atoms with E-state index in [4.69, 9.17) is 5.11 Å². The molecule has 1 aliphatic rings. The molecule has 0 spiro atoms. The minimum absolute atomic E-state index is 0.118. The Balaban J connectivity index is 2.03. The standard InChI is InChI=1S/C15H20N2O3/c1-10-13(15(19)20)4-3-5-14(10)16-12-6-8-17(9-7-12)11(2)18/h3-5,12,16H,6-9H2,1-2H3,(H,19,20). The van der Waals surface area contributed by atoms with E-state index in [2.05, 4.69) is 5.32 Å². The van der Waals surface area contributed by atoms with Crippen LogP contribution in [-0.2, 0) is 4.79 Å². The molecule has 20 heavy (non-hydrogen) atoms. The smallest absolute Gasteiger partial charge is 0.336 e. The fourth-order valence-electron chi connectivity index (χ4n) is 2.58. The summed E-state index contributed by atoms with van der Waals surface area (Å²) >= 11 is 0. The second-order valence-electron chi connectivity index (χ2n) is 5.21. The van der Waals surface area contributed by atoms with Gasteiger partial charge in [0.25, 0.3) is 0 Å². The van der Waals surface area contributed by atoms with Crippen molar-refractivity contribution >= 4 is 17.6 Å². The van der Waals surface area contributed by atoms with Gasteiger partial charge in [0, 0.05) is 31.7 Å². The van der Waals surface area contributed by atoms with E-state index in [0.29, 0.717) is 5.56 Å². The molecule has 1 amide bonds. The first-order valence-electron chi connectivity index (χ1n) is 6.84. The number of hydrogen-bond donors (Lipinski definition) is 2. The maximum Gasteiger partial charge on any atom is 0.336 e. The van der Waals surface area contributed by atoms with Crippen LogP contribution in [0.15, 0.2) is 18.2 Å². The number of rotatable bonds is 3. The minimum atomic E-state index is -0.905. The third-order valence-corrected chi connectivity index (χ3v) is 3.86. The number of piperidine rings is 1. The molecular formula is C15H20N2O3. The molecule has 1 heterocycles. The molecule has 108 valence electrons. The van der Waals surface area contributed by atoms with Gasteiger partial charge in [0.15, 0.2) is 0 Å². The molecule has 2 rings (SSSR count). The maximum atomic E-state index is 11.3. The number of aromatic carboxylic acids is 1. The van der Waals surface area contributed by atoms with E-state index in [1.54, 1.807) is 19.1 Å². The molecule has 1 aliphatic heterocycles. The van der Waals surface area contributed by atoms with Crippen molar-refractivity contribution < 1.29 is 14.7 Å². The zero-order valence-corrected chi connectivity index (χ0v) is 11.8. The van der Waals surface area contributed by atoms with E-state index in [0.717, 1.165) is 37.2 Å². The van der Waals surface area contributed by atoms with Crippen LogP contribution < -0.4 is 5.32 Å². The molecular weight excluding hydrogens is 256 g/mol. The molecule has 1 saturated heterocycles. The Kier molecular flexibility index (Phi) is 4.27. The average Bonchev–Trinajstić information content (AvgIpc) is 2.41. The SMILES string of the molecule is CC(=O)N1CCC(Nc2cccc(C(=O)O)c2C)CC1. The summed E-state index contributed by atoms with van der Waals surface area (Å²) in [5.41, 5.74) is 1.95. The van der Waals surface area contributed by atoms with Crippen LogP contribution >= 0.6 is 0 Å². The van der Waals surface area contributed by atoms with Crippen LogP contribution in [0.25, 0.3) is 0 Å². The van der Waals surface area contributed by atoms with Gasteiger partial charge in [-0.25, -0.2) is 4.79 Å². The monoisotopic (exact) mass is 276 g/mol. The minimum Gasteiger partial charge on any atom is -0.478 e. The number of anilines is 1. The Labute approximate surface area is 118 Å². The molecule has 0 saturated carbocycles. The summed E-state index contributed by atoms with van der Waals surface area (Å²) < 4.78 is 0. The zero-order valence-electron chi connectivity index (χ0n) is 11.8. The quantitative estimate of drug-likeness (QED) is 0.887. The Hall–Kier alpha value is -2.04. The summed E-state index contributed by atoms with van der Waals surface area (Å²) in [7, 11) is 0. The van der Waals surface area contributed by atoms with E-state index in [1.165, 1.54) is 0 Å².